The number of benzene rings is 3. The minimum Gasteiger partial charge on any atom is -0.502 e. The molecule has 0 atom stereocenters. The largest absolute Gasteiger partial charge is 0.502 e. The zero-order valence-corrected chi connectivity index (χ0v) is 17.5. The number of halogens is 2. The van der Waals surface area contributed by atoms with Crippen LogP contribution in [0.2, 0.25) is 5.02 Å². The Morgan fingerprint density at radius 1 is 1.15 bits per heavy atom. The van der Waals surface area contributed by atoms with Crippen molar-refractivity contribution in [1.82, 2.24) is 10.4 Å². The Morgan fingerprint density at radius 3 is 2.61 bits per heavy atom. The number of aromatic hydroxyl groups is 1. The van der Waals surface area contributed by atoms with Gasteiger partial charge >= 0.3 is 5.69 Å². The molecule has 4 rings (SSSR count). The molecule has 0 bridgehead atoms. The van der Waals surface area contributed by atoms with E-state index in [-0.39, 0.29) is 16.1 Å². The number of carbonyl (C=O) groups is 1. The van der Waals surface area contributed by atoms with Gasteiger partial charge in [-0.15, -0.1) is 0 Å². The van der Waals surface area contributed by atoms with Gasteiger partial charge in [0.05, 0.1) is 27.9 Å². The topological polar surface area (TPSA) is 118 Å². The average molecular weight is 465 g/mol. The van der Waals surface area contributed by atoms with E-state index in [0.717, 1.165) is 12.3 Å². The summed E-state index contributed by atoms with van der Waals surface area (Å²) in [6.45, 7) is 0. The van der Waals surface area contributed by atoms with Gasteiger partial charge in [-0.05, 0) is 42.5 Å². The second kappa shape index (κ2) is 9.01. The van der Waals surface area contributed by atoms with Crippen molar-refractivity contribution in [2.75, 3.05) is 0 Å². The number of fused-ring (bicyclic) bond motifs is 1. The third-order valence-corrected chi connectivity index (χ3v) is 4.97. The minimum absolute atomic E-state index is 0.0244. The molecule has 33 heavy (non-hydrogen) atoms. The Bertz CT molecular complexity index is 1420. The third-order valence-electron chi connectivity index (χ3n) is 4.75. The van der Waals surface area contributed by atoms with E-state index in [9.17, 15) is 24.4 Å². The van der Waals surface area contributed by atoms with E-state index < -0.39 is 28.1 Å². The molecular formula is C23H14ClFN4O4. The van der Waals surface area contributed by atoms with E-state index in [4.69, 9.17) is 11.6 Å². The van der Waals surface area contributed by atoms with Crippen LogP contribution in [0.1, 0.15) is 15.9 Å². The van der Waals surface area contributed by atoms with Gasteiger partial charge in [0.2, 0.25) is 5.75 Å². The third kappa shape index (κ3) is 4.63. The number of nitro benzene ring substituents is 1. The summed E-state index contributed by atoms with van der Waals surface area (Å²) in [7, 11) is 0. The normalized spacial score (nSPS) is 11.1. The van der Waals surface area contributed by atoms with Gasteiger partial charge in [-0.1, -0.05) is 29.8 Å². The van der Waals surface area contributed by atoms with Crippen molar-refractivity contribution in [3.8, 4) is 17.0 Å². The molecule has 10 heteroatoms. The number of hydrogen-bond donors (Lipinski definition) is 2. The number of amides is 1. The second-order valence-electron chi connectivity index (χ2n) is 6.90. The summed E-state index contributed by atoms with van der Waals surface area (Å²) in [5.74, 6) is -1.60. The van der Waals surface area contributed by atoms with E-state index in [1.807, 2.05) is 0 Å². The molecule has 0 aliphatic rings. The number of nitrogens with one attached hydrogen (secondary N) is 1. The Kier molecular flexibility index (Phi) is 5.97. The maximum Gasteiger partial charge on any atom is 0.312 e. The van der Waals surface area contributed by atoms with Crippen LogP contribution in [0.15, 0.2) is 71.8 Å². The number of para-hydroxylation sites is 1. The van der Waals surface area contributed by atoms with Crippen LogP contribution in [0.5, 0.6) is 5.75 Å². The zero-order valence-electron chi connectivity index (χ0n) is 16.7. The maximum atomic E-state index is 13.3. The molecule has 0 aliphatic heterocycles. The zero-order chi connectivity index (χ0) is 23.5. The Hall–Kier alpha value is -4.37. The van der Waals surface area contributed by atoms with Gasteiger partial charge in [-0.3, -0.25) is 14.9 Å². The SMILES string of the molecule is O=C(NN=Cc1cc(Cl)cc([N+](=O)[O-])c1O)c1cc(-c2ccc(F)cc2)nc2ccccc12. The van der Waals surface area contributed by atoms with Crippen molar-refractivity contribution in [3.05, 3.63) is 98.8 Å². The molecule has 0 fully saturated rings. The van der Waals surface area contributed by atoms with Gasteiger partial charge < -0.3 is 5.11 Å². The number of aromatic nitrogens is 1. The van der Waals surface area contributed by atoms with Crippen molar-refractivity contribution >= 4 is 40.3 Å². The molecule has 1 aromatic heterocycles. The molecule has 8 nitrogen and oxygen atoms in total. The fourth-order valence-corrected chi connectivity index (χ4v) is 3.42. The molecule has 1 amide bonds. The van der Waals surface area contributed by atoms with E-state index in [1.54, 1.807) is 42.5 Å². The number of phenolic OH excluding ortho intramolecular Hbond substituents is 1. The maximum absolute atomic E-state index is 13.3. The van der Waals surface area contributed by atoms with Gasteiger partial charge in [-0.25, -0.2) is 14.8 Å². The smallest absolute Gasteiger partial charge is 0.312 e. The lowest BCUT2D eigenvalue weighted by molar-refractivity contribution is -0.385. The van der Waals surface area contributed by atoms with Crippen LogP contribution in [0.4, 0.5) is 10.1 Å². The summed E-state index contributed by atoms with van der Waals surface area (Å²) >= 11 is 5.86. The van der Waals surface area contributed by atoms with Crippen LogP contribution in [0.25, 0.3) is 22.2 Å². The highest BCUT2D eigenvalue weighted by Crippen LogP contribution is 2.32. The fourth-order valence-electron chi connectivity index (χ4n) is 3.20. The lowest BCUT2D eigenvalue weighted by Crippen LogP contribution is -2.18. The Balaban J connectivity index is 1.67. The molecule has 0 radical (unpaired) electrons. The highest BCUT2D eigenvalue weighted by atomic mass is 35.5. The van der Waals surface area contributed by atoms with Crippen LogP contribution in [-0.2, 0) is 0 Å². The summed E-state index contributed by atoms with van der Waals surface area (Å²) in [6.07, 6.45) is 1.05. The van der Waals surface area contributed by atoms with Crippen LogP contribution in [0, 0.1) is 15.9 Å². The van der Waals surface area contributed by atoms with Gasteiger partial charge in [0.1, 0.15) is 5.82 Å². The first-order valence-corrected chi connectivity index (χ1v) is 9.87. The summed E-state index contributed by atoms with van der Waals surface area (Å²) in [5.41, 5.74) is 3.62. The molecule has 0 saturated carbocycles. The highest BCUT2D eigenvalue weighted by molar-refractivity contribution is 6.31. The lowest BCUT2D eigenvalue weighted by Gasteiger charge is -2.09. The number of nitrogens with zero attached hydrogens (tertiary/aromatic N) is 3. The molecule has 3 aromatic carbocycles. The quantitative estimate of drug-likeness (QED) is 0.243. The lowest BCUT2D eigenvalue weighted by atomic mass is 10.0. The molecule has 1 heterocycles. The molecular weight excluding hydrogens is 451 g/mol. The Morgan fingerprint density at radius 2 is 1.88 bits per heavy atom. The van der Waals surface area contributed by atoms with Crippen molar-refractivity contribution in [1.29, 1.82) is 0 Å². The van der Waals surface area contributed by atoms with Crippen LogP contribution >= 0.6 is 11.6 Å². The number of carbonyl (C=O) groups excluding carboxylic acids is 1. The van der Waals surface area contributed by atoms with Gasteiger partial charge in [0.15, 0.2) is 0 Å². The minimum atomic E-state index is -0.781. The molecule has 0 unspecified atom stereocenters. The first kappa shape index (κ1) is 21.8. The predicted molar refractivity (Wildman–Crippen MR) is 122 cm³/mol. The first-order valence-electron chi connectivity index (χ1n) is 9.49. The number of hydrazone groups is 1. The van der Waals surface area contributed by atoms with Crippen LogP contribution < -0.4 is 5.43 Å². The van der Waals surface area contributed by atoms with Crippen molar-refractivity contribution in [2.24, 2.45) is 5.10 Å². The standard InChI is InChI=1S/C23H14ClFN4O4/c24-15-9-14(22(30)21(10-15)29(32)33)12-26-28-23(31)18-11-20(13-5-7-16(25)8-6-13)27-19-4-2-1-3-17(18)19/h1-12,30H,(H,28,31). The molecule has 0 saturated heterocycles. The van der Waals surface area contributed by atoms with Crippen LogP contribution in [-0.4, -0.2) is 27.1 Å². The van der Waals surface area contributed by atoms with Crippen molar-refractivity contribution < 1.29 is 19.2 Å². The van der Waals surface area contributed by atoms with E-state index >= 15 is 0 Å². The number of phenols is 1. The molecule has 2 N–H and O–H groups in total. The summed E-state index contributed by atoms with van der Waals surface area (Å²) in [6, 6.07) is 16.5. The van der Waals surface area contributed by atoms with E-state index in [0.29, 0.717) is 22.2 Å². The molecule has 164 valence electrons. The second-order valence-corrected chi connectivity index (χ2v) is 7.33. The monoisotopic (exact) mass is 464 g/mol. The number of pyridine rings is 1. The molecule has 0 aliphatic carbocycles. The summed E-state index contributed by atoms with van der Waals surface area (Å²) in [5, 5.41) is 25.5. The average Bonchev–Trinajstić information content (AvgIpc) is 2.80. The highest BCUT2D eigenvalue weighted by Gasteiger charge is 2.18. The summed E-state index contributed by atoms with van der Waals surface area (Å²) in [4.78, 5) is 27.7. The van der Waals surface area contributed by atoms with Crippen LogP contribution in [0.3, 0.4) is 0 Å². The number of rotatable bonds is 5. The molecule has 4 aromatic rings. The molecule has 0 spiro atoms. The number of nitro groups is 1. The first-order chi connectivity index (χ1) is 15.8. The Labute approximate surface area is 191 Å². The number of hydrogen-bond acceptors (Lipinski definition) is 6. The predicted octanol–water partition coefficient (Wildman–Crippen LogP) is 5.07. The van der Waals surface area contributed by atoms with Gasteiger partial charge in [-0.2, -0.15) is 5.10 Å². The van der Waals surface area contributed by atoms with E-state index in [1.165, 1.54) is 18.2 Å². The van der Waals surface area contributed by atoms with Crippen molar-refractivity contribution in [3.63, 3.8) is 0 Å². The van der Waals surface area contributed by atoms with E-state index in [2.05, 4.69) is 15.5 Å². The van der Waals surface area contributed by atoms with Gasteiger partial charge in [0.25, 0.3) is 5.91 Å². The summed E-state index contributed by atoms with van der Waals surface area (Å²) < 4.78 is 13.3. The van der Waals surface area contributed by atoms with Gasteiger partial charge in [0, 0.05) is 27.6 Å². The fraction of sp³-hybridized carbons (Fsp3) is 0. The van der Waals surface area contributed by atoms with Crippen molar-refractivity contribution in [2.45, 2.75) is 0 Å².